The molecule has 1 heterocycles. The number of nitrogens with one attached hydrogen (secondary N) is 1. The monoisotopic (exact) mass is 588 g/mol. The number of halogens is 1. The first-order chi connectivity index (χ1) is 20.3. The summed E-state index contributed by atoms with van der Waals surface area (Å²) in [5, 5.41) is 2.52. The molecule has 0 atom stereocenters. The topological polar surface area (TPSA) is 84.9 Å². The van der Waals surface area contributed by atoms with Crippen LogP contribution in [0.2, 0.25) is 0 Å². The number of rotatable bonds is 8. The van der Waals surface area contributed by atoms with E-state index in [2.05, 4.69) is 44.8 Å². The number of benzene rings is 2. The number of nitrogens with zero attached hydrogens (tertiary/aromatic N) is 1. The number of amides is 1. The van der Waals surface area contributed by atoms with Crippen molar-refractivity contribution in [3.8, 4) is 11.5 Å². The highest BCUT2D eigenvalue weighted by atomic mass is 19.1. The second kappa shape index (κ2) is 11.6. The zero-order valence-corrected chi connectivity index (χ0v) is 25.9. The van der Waals surface area contributed by atoms with Gasteiger partial charge in [-0.25, -0.2) is 4.39 Å². The number of ether oxygens (including phenoxy) is 2. The zero-order chi connectivity index (χ0) is 31.1. The van der Waals surface area contributed by atoms with Gasteiger partial charge in [-0.1, -0.05) is 45.9 Å². The van der Waals surface area contributed by atoms with Gasteiger partial charge in [0.1, 0.15) is 5.82 Å². The van der Waals surface area contributed by atoms with Crippen LogP contribution in [0.15, 0.2) is 65.0 Å². The maximum atomic E-state index is 14.0. The molecule has 0 bridgehead atoms. The van der Waals surface area contributed by atoms with Crippen molar-refractivity contribution in [2.45, 2.75) is 73.1 Å². The van der Waals surface area contributed by atoms with Crippen LogP contribution in [0.4, 0.5) is 10.1 Å². The molecule has 8 heteroatoms. The van der Waals surface area contributed by atoms with Crippen molar-refractivity contribution in [3.05, 3.63) is 76.4 Å². The third kappa shape index (κ3) is 6.10. The molecule has 0 radical (unpaired) electrons. The fraction of sp³-hybridized carbons (Fsp3) is 0.457. The van der Waals surface area contributed by atoms with E-state index in [-0.39, 0.29) is 34.7 Å². The van der Waals surface area contributed by atoms with E-state index in [4.69, 9.17) is 9.47 Å². The number of allylic oxidation sites excluding steroid dienone is 4. The smallest absolute Gasteiger partial charge is 0.262 e. The summed E-state index contributed by atoms with van der Waals surface area (Å²) in [5.41, 5.74) is 3.92. The maximum Gasteiger partial charge on any atom is 0.262 e. The Hall–Kier alpha value is -3.94. The largest absolute Gasteiger partial charge is 0.490 e. The van der Waals surface area contributed by atoms with Crippen LogP contribution in [0, 0.1) is 16.6 Å². The van der Waals surface area contributed by atoms with E-state index in [0.717, 1.165) is 29.8 Å². The predicted molar refractivity (Wildman–Crippen MR) is 163 cm³/mol. The van der Waals surface area contributed by atoms with E-state index in [1.165, 1.54) is 12.1 Å². The molecule has 1 amide bonds. The minimum atomic E-state index is -0.534. The molecule has 2 aromatic rings. The van der Waals surface area contributed by atoms with Crippen molar-refractivity contribution in [1.82, 2.24) is 4.90 Å². The number of ketones is 2. The number of hydrogen-bond acceptors (Lipinski definition) is 6. The molecule has 0 aromatic heterocycles. The Bertz CT molecular complexity index is 1480. The number of carbonyl (C=O) groups is 3. The minimum Gasteiger partial charge on any atom is -0.490 e. The van der Waals surface area contributed by atoms with Gasteiger partial charge < -0.3 is 19.7 Å². The van der Waals surface area contributed by atoms with Gasteiger partial charge >= 0.3 is 0 Å². The Morgan fingerprint density at radius 3 is 2.05 bits per heavy atom. The summed E-state index contributed by atoms with van der Waals surface area (Å²) >= 11 is 0. The standard InChI is InChI=1S/C35H41FN2O5/c1-7-38-24-16-34(3,4)18-26(39)32(24)31(33-25(38)17-35(5,6)19-27(33)40)21-13-14-28(29(15-21)42-8-2)43-20-30(41)37-23-12-10-9-11-22(23)36/h9-15,31H,7-8,16-20H2,1-6H3,(H,37,41). The van der Waals surface area contributed by atoms with E-state index in [1.54, 1.807) is 18.2 Å². The molecular weight excluding hydrogens is 547 g/mol. The Kier molecular flexibility index (Phi) is 8.25. The van der Waals surface area contributed by atoms with E-state index >= 15 is 0 Å². The predicted octanol–water partition coefficient (Wildman–Crippen LogP) is 6.95. The average molecular weight is 589 g/mol. The molecule has 0 fully saturated rings. The van der Waals surface area contributed by atoms with Crippen LogP contribution in [0.3, 0.4) is 0 Å². The van der Waals surface area contributed by atoms with Gasteiger partial charge in [-0.05, 0) is 67.3 Å². The molecule has 1 N–H and O–H groups in total. The summed E-state index contributed by atoms with van der Waals surface area (Å²) in [7, 11) is 0. The van der Waals surface area contributed by atoms with E-state index < -0.39 is 17.6 Å². The molecule has 0 saturated heterocycles. The number of Topliss-reactive ketones (excluding diaryl/α,β-unsaturated/α-hetero) is 2. The molecule has 3 aliphatic rings. The van der Waals surface area contributed by atoms with E-state index in [0.29, 0.717) is 48.6 Å². The molecule has 0 saturated carbocycles. The summed E-state index contributed by atoms with van der Waals surface area (Å²) in [4.78, 5) is 42.5. The molecular formula is C35H41FN2O5. The Morgan fingerprint density at radius 1 is 0.884 bits per heavy atom. The molecule has 43 heavy (non-hydrogen) atoms. The van der Waals surface area contributed by atoms with Crippen LogP contribution in [-0.4, -0.2) is 42.1 Å². The highest BCUT2D eigenvalue weighted by molar-refractivity contribution is 6.06. The highest BCUT2D eigenvalue weighted by Gasteiger charge is 2.48. The lowest BCUT2D eigenvalue weighted by molar-refractivity contribution is -0.120. The molecule has 228 valence electrons. The van der Waals surface area contributed by atoms with Crippen molar-refractivity contribution >= 4 is 23.2 Å². The molecule has 5 rings (SSSR count). The Morgan fingerprint density at radius 2 is 1.49 bits per heavy atom. The molecule has 2 aromatic carbocycles. The lowest BCUT2D eigenvalue weighted by Crippen LogP contribution is -2.44. The highest BCUT2D eigenvalue weighted by Crippen LogP contribution is 2.54. The summed E-state index contributed by atoms with van der Waals surface area (Å²) < 4.78 is 25.8. The third-order valence-corrected chi connectivity index (χ3v) is 8.45. The lowest BCUT2D eigenvalue weighted by Gasteiger charge is -2.48. The zero-order valence-electron chi connectivity index (χ0n) is 25.9. The summed E-state index contributed by atoms with van der Waals surface area (Å²) in [6, 6.07) is 11.3. The third-order valence-electron chi connectivity index (χ3n) is 8.45. The fourth-order valence-electron chi connectivity index (χ4n) is 6.75. The quantitative estimate of drug-likeness (QED) is 0.359. The van der Waals surface area contributed by atoms with Crippen LogP contribution in [0.1, 0.15) is 78.7 Å². The minimum absolute atomic E-state index is 0.0713. The van der Waals surface area contributed by atoms with Crippen LogP contribution < -0.4 is 14.8 Å². The van der Waals surface area contributed by atoms with Gasteiger partial charge in [0.25, 0.3) is 5.91 Å². The van der Waals surface area contributed by atoms with Crippen LogP contribution in [0.5, 0.6) is 11.5 Å². The molecule has 2 aliphatic carbocycles. The maximum absolute atomic E-state index is 14.0. The van der Waals surface area contributed by atoms with Crippen LogP contribution in [-0.2, 0) is 14.4 Å². The Balaban J connectivity index is 1.53. The van der Waals surface area contributed by atoms with Gasteiger partial charge in [0.05, 0.1) is 12.3 Å². The Labute approximate surface area is 253 Å². The summed E-state index contributed by atoms with van der Waals surface area (Å²) in [5.74, 6) is -0.655. The van der Waals surface area contributed by atoms with Gasteiger partial charge in [-0.15, -0.1) is 0 Å². The van der Waals surface area contributed by atoms with Gasteiger partial charge in [0.2, 0.25) is 0 Å². The molecule has 1 aliphatic heterocycles. The lowest BCUT2D eigenvalue weighted by atomic mass is 9.63. The number of carbonyl (C=O) groups excluding carboxylic acids is 3. The first-order valence-corrected chi connectivity index (χ1v) is 15.1. The molecule has 0 unspecified atom stereocenters. The van der Waals surface area contributed by atoms with E-state index in [9.17, 15) is 18.8 Å². The van der Waals surface area contributed by atoms with Gasteiger partial charge in [-0.3, -0.25) is 14.4 Å². The van der Waals surface area contributed by atoms with E-state index in [1.807, 2.05) is 19.1 Å². The van der Waals surface area contributed by atoms with Gasteiger partial charge in [-0.2, -0.15) is 0 Å². The van der Waals surface area contributed by atoms with Crippen molar-refractivity contribution < 1.29 is 28.2 Å². The van der Waals surface area contributed by atoms with Crippen molar-refractivity contribution in [3.63, 3.8) is 0 Å². The summed E-state index contributed by atoms with van der Waals surface area (Å²) in [6.45, 7) is 13.1. The first kappa shape index (κ1) is 30.5. The van der Waals surface area contributed by atoms with Crippen LogP contribution in [0.25, 0.3) is 0 Å². The van der Waals surface area contributed by atoms with Crippen molar-refractivity contribution in [1.29, 1.82) is 0 Å². The van der Waals surface area contributed by atoms with Crippen LogP contribution >= 0.6 is 0 Å². The SMILES string of the molecule is CCOc1cc(C2C3=C(CC(C)(C)CC3=O)N(CC)C3=C2C(=O)CC(C)(C)C3)ccc1OCC(=O)Nc1ccccc1F. The normalized spacial score (nSPS) is 19.7. The molecule has 7 nitrogen and oxygen atoms in total. The first-order valence-electron chi connectivity index (χ1n) is 15.1. The van der Waals surface area contributed by atoms with Crippen molar-refractivity contribution in [2.24, 2.45) is 10.8 Å². The number of anilines is 1. The fourth-order valence-corrected chi connectivity index (χ4v) is 6.75. The number of hydrogen-bond donors (Lipinski definition) is 1. The van der Waals surface area contributed by atoms with Gasteiger partial charge in [0.15, 0.2) is 29.7 Å². The number of para-hydroxylation sites is 1. The molecule has 0 spiro atoms. The second-order valence-corrected chi connectivity index (χ2v) is 13.2. The van der Waals surface area contributed by atoms with Crippen molar-refractivity contribution in [2.75, 3.05) is 25.1 Å². The second-order valence-electron chi connectivity index (χ2n) is 13.2. The summed E-state index contributed by atoms with van der Waals surface area (Å²) in [6.07, 6.45) is 2.33. The van der Waals surface area contributed by atoms with Gasteiger partial charge in [0, 0.05) is 47.8 Å². The average Bonchev–Trinajstić information content (AvgIpc) is 2.91.